The SMILES string of the molecule is NC(=O)CCC(N)C(=O)NC(CCC(N)=O)C(=O)NC(CC(=O)O)C(=O)O. The lowest BCUT2D eigenvalue weighted by Gasteiger charge is -2.22. The molecular weight excluding hydrogens is 366 g/mol. The number of nitrogens with one attached hydrogen (secondary N) is 2. The number of primary amides is 2. The van der Waals surface area contributed by atoms with Gasteiger partial charge in [-0.15, -0.1) is 0 Å². The number of carbonyl (C=O) groups excluding carboxylic acids is 4. The van der Waals surface area contributed by atoms with Gasteiger partial charge in [0, 0.05) is 12.8 Å². The van der Waals surface area contributed by atoms with Gasteiger partial charge in [0.15, 0.2) is 0 Å². The summed E-state index contributed by atoms with van der Waals surface area (Å²) in [6, 6.07) is -4.32. The monoisotopic (exact) mass is 389 g/mol. The number of carboxylic acid groups (broad SMARTS) is 2. The zero-order chi connectivity index (χ0) is 21.1. The largest absolute Gasteiger partial charge is 0.481 e. The topological polar surface area (TPSA) is 245 Å². The van der Waals surface area contributed by atoms with Crippen LogP contribution in [-0.2, 0) is 28.8 Å². The Labute approximate surface area is 153 Å². The highest BCUT2D eigenvalue weighted by atomic mass is 16.4. The van der Waals surface area contributed by atoms with Crippen LogP contribution in [0.2, 0.25) is 0 Å². The summed E-state index contributed by atoms with van der Waals surface area (Å²) >= 11 is 0. The van der Waals surface area contributed by atoms with Gasteiger partial charge in [-0.1, -0.05) is 0 Å². The van der Waals surface area contributed by atoms with Crippen LogP contribution in [0.4, 0.5) is 0 Å². The highest BCUT2D eigenvalue weighted by molar-refractivity contribution is 5.93. The molecule has 0 aliphatic rings. The molecule has 3 atom stereocenters. The first-order chi connectivity index (χ1) is 12.4. The fraction of sp³-hybridized carbons (Fsp3) is 0.571. The molecule has 27 heavy (non-hydrogen) atoms. The van der Waals surface area contributed by atoms with Crippen molar-refractivity contribution in [2.24, 2.45) is 17.2 Å². The van der Waals surface area contributed by atoms with Crippen LogP contribution in [0.25, 0.3) is 0 Å². The predicted octanol–water partition coefficient (Wildman–Crippen LogP) is -3.63. The third-order valence-corrected chi connectivity index (χ3v) is 3.34. The van der Waals surface area contributed by atoms with Crippen LogP contribution >= 0.6 is 0 Å². The minimum atomic E-state index is -1.74. The summed E-state index contributed by atoms with van der Waals surface area (Å²) in [6.45, 7) is 0. The molecule has 0 rings (SSSR count). The van der Waals surface area contributed by atoms with Crippen LogP contribution in [0.5, 0.6) is 0 Å². The number of amides is 4. The van der Waals surface area contributed by atoms with Crippen LogP contribution in [0, 0.1) is 0 Å². The molecular formula is C14H23N5O8. The molecule has 0 aromatic rings. The average molecular weight is 389 g/mol. The second kappa shape index (κ2) is 11.4. The van der Waals surface area contributed by atoms with Crippen molar-refractivity contribution >= 4 is 35.6 Å². The first-order valence-corrected chi connectivity index (χ1v) is 7.81. The number of hydrogen-bond acceptors (Lipinski definition) is 7. The van der Waals surface area contributed by atoms with Gasteiger partial charge in [-0.25, -0.2) is 4.79 Å². The molecule has 10 N–H and O–H groups in total. The Balaban J connectivity index is 5.09. The predicted molar refractivity (Wildman–Crippen MR) is 88.6 cm³/mol. The lowest BCUT2D eigenvalue weighted by atomic mass is 10.1. The van der Waals surface area contributed by atoms with Gasteiger partial charge < -0.3 is 38.0 Å². The molecule has 13 nitrogen and oxygen atoms in total. The maximum absolute atomic E-state index is 12.2. The van der Waals surface area contributed by atoms with Crippen molar-refractivity contribution in [3.63, 3.8) is 0 Å². The summed E-state index contributed by atoms with van der Waals surface area (Å²) in [5, 5.41) is 21.8. The van der Waals surface area contributed by atoms with Gasteiger partial charge >= 0.3 is 11.9 Å². The third-order valence-electron chi connectivity index (χ3n) is 3.34. The van der Waals surface area contributed by atoms with Gasteiger partial charge in [0.25, 0.3) is 0 Å². The second-order valence-corrected chi connectivity index (χ2v) is 5.67. The summed E-state index contributed by atoms with van der Waals surface area (Å²) in [5.41, 5.74) is 15.5. The number of rotatable bonds is 13. The Morgan fingerprint density at radius 3 is 1.70 bits per heavy atom. The highest BCUT2D eigenvalue weighted by Crippen LogP contribution is 2.03. The van der Waals surface area contributed by atoms with E-state index in [4.69, 9.17) is 27.4 Å². The Morgan fingerprint density at radius 1 is 0.778 bits per heavy atom. The molecule has 0 fully saturated rings. The quantitative estimate of drug-likeness (QED) is 0.164. The van der Waals surface area contributed by atoms with Crippen molar-refractivity contribution in [2.75, 3.05) is 0 Å². The molecule has 0 radical (unpaired) electrons. The van der Waals surface area contributed by atoms with E-state index < -0.39 is 60.1 Å². The van der Waals surface area contributed by atoms with Crippen molar-refractivity contribution in [1.29, 1.82) is 0 Å². The second-order valence-electron chi connectivity index (χ2n) is 5.67. The zero-order valence-corrected chi connectivity index (χ0v) is 14.3. The van der Waals surface area contributed by atoms with E-state index in [1.165, 1.54) is 0 Å². The van der Waals surface area contributed by atoms with Crippen LogP contribution < -0.4 is 27.8 Å². The molecule has 13 heteroatoms. The van der Waals surface area contributed by atoms with Crippen molar-refractivity contribution in [3.8, 4) is 0 Å². The lowest BCUT2D eigenvalue weighted by molar-refractivity contribution is -0.147. The van der Waals surface area contributed by atoms with E-state index in [2.05, 4.69) is 5.32 Å². The zero-order valence-electron chi connectivity index (χ0n) is 14.3. The van der Waals surface area contributed by atoms with Crippen LogP contribution in [0.3, 0.4) is 0 Å². The molecule has 0 heterocycles. The molecule has 152 valence electrons. The molecule has 0 aliphatic carbocycles. The maximum atomic E-state index is 12.2. The summed E-state index contributed by atoms with van der Waals surface area (Å²) in [5.74, 6) is -6.39. The molecule has 0 spiro atoms. The normalized spacial score (nSPS) is 13.7. The first kappa shape index (κ1) is 23.8. The van der Waals surface area contributed by atoms with Gasteiger partial charge in [-0.05, 0) is 12.8 Å². The van der Waals surface area contributed by atoms with E-state index in [9.17, 15) is 28.8 Å². The maximum Gasteiger partial charge on any atom is 0.326 e. The van der Waals surface area contributed by atoms with Crippen LogP contribution in [0.15, 0.2) is 0 Å². The van der Waals surface area contributed by atoms with Gasteiger partial charge in [-0.2, -0.15) is 0 Å². The average Bonchev–Trinajstić information content (AvgIpc) is 2.54. The number of nitrogens with two attached hydrogens (primary N) is 3. The first-order valence-electron chi connectivity index (χ1n) is 7.81. The van der Waals surface area contributed by atoms with E-state index in [0.717, 1.165) is 0 Å². The molecule has 0 aromatic heterocycles. The molecule has 0 saturated carbocycles. The third kappa shape index (κ3) is 10.4. The number of carbonyl (C=O) groups is 6. The summed E-state index contributed by atoms with van der Waals surface area (Å²) in [4.78, 5) is 67.6. The van der Waals surface area contributed by atoms with Crippen LogP contribution in [0.1, 0.15) is 32.1 Å². The van der Waals surface area contributed by atoms with E-state index in [-0.39, 0.29) is 25.7 Å². The van der Waals surface area contributed by atoms with Crippen molar-refractivity contribution in [3.05, 3.63) is 0 Å². The van der Waals surface area contributed by atoms with Gasteiger partial charge in [0.05, 0.1) is 12.5 Å². The number of hydrogen-bond donors (Lipinski definition) is 7. The molecule has 0 aliphatic heterocycles. The summed E-state index contributed by atoms with van der Waals surface area (Å²) in [7, 11) is 0. The van der Waals surface area contributed by atoms with E-state index in [1.807, 2.05) is 5.32 Å². The summed E-state index contributed by atoms with van der Waals surface area (Å²) < 4.78 is 0. The Hall–Kier alpha value is -3.22. The molecule has 3 unspecified atom stereocenters. The van der Waals surface area contributed by atoms with Crippen LogP contribution in [-0.4, -0.2) is 63.9 Å². The Kier molecular flexibility index (Phi) is 10.0. The van der Waals surface area contributed by atoms with Crippen molar-refractivity contribution < 1.29 is 39.0 Å². The number of aliphatic carboxylic acids is 2. The fourth-order valence-corrected chi connectivity index (χ4v) is 1.91. The Morgan fingerprint density at radius 2 is 1.26 bits per heavy atom. The van der Waals surface area contributed by atoms with E-state index in [1.54, 1.807) is 0 Å². The van der Waals surface area contributed by atoms with E-state index >= 15 is 0 Å². The van der Waals surface area contributed by atoms with Gasteiger partial charge in [0.1, 0.15) is 12.1 Å². The molecule has 0 saturated heterocycles. The van der Waals surface area contributed by atoms with Crippen molar-refractivity contribution in [2.45, 2.75) is 50.2 Å². The standard InChI is InChI=1S/C14H23N5O8/c15-6(1-3-9(16)20)12(24)18-7(2-4-10(17)21)13(25)19-8(14(26)27)5-11(22)23/h6-8H,1-5,15H2,(H2,16,20)(H2,17,21)(H,18,24)(H,19,25)(H,22,23)(H,26,27). The highest BCUT2D eigenvalue weighted by Gasteiger charge is 2.29. The minimum Gasteiger partial charge on any atom is -0.481 e. The van der Waals surface area contributed by atoms with Crippen molar-refractivity contribution in [1.82, 2.24) is 10.6 Å². The van der Waals surface area contributed by atoms with E-state index in [0.29, 0.717) is 0 Å². The van der Waals surface area contributed by atoms with Gasteiger partial charge in [0.2, 0.25) is 23.6 Å². The summed E-state index contributed by atoms with van der Waals surface area (Å²) in [6.07, 6.45) is -1.75. The minimum absolute atomic E-state index is 0.0951. The Bertz CT molecular complexity index is 608. The number of carboxylic acids is 2. The lowest BCUT2D eigenvalue weighted by Crippen LogP contribution is -2.55. The molecule has 0 aromatic carbocycles. The molecule has 0 bridgehead atoms. The smallest absolute Gasteiger partial charge is 0.326 e. The van der Waals surface area contributed by atoms with Gasteiger partial charge in [-0.3, -0.25) is 24.0 Å². The fourth-order valence-electron chi connectivity index (χ4n) is 1.91. The molecule has 4 amide bonds.